The molecule has 3 nitrogen and oxygen atoms in total. The highest BCUT2D eigenvalue weighted by Gasteiger charge is 2.24. The van der Waals surface area contributed by atoms with Crippen LogP contribution in [0, 0.1) is 5.82 Å². The number of hydrogen-bond acceptors (Lipinski definition) is 2. The number of aliphatic hydroxyl groups is 1. The number of halogens is 3. The predicted octanol–water partition coefficient (Wildman–Crippen LogP) is 3.54. The van der Waals surface area contributed by atoms with E-state index >= 15 is 0 Å². The molecule has 0 aliphatic heterocycles. The van der Waals surface area contributed by atoms with Gasteiger partial charge in [-0.3, -0.25) is 4.68 Å². The Hall–Kier alpha value is -0.910. The van der Waals surface area contributed by atoms with Gasteiger partial charge in [0.1, 0.15) is 11.9 Å². The van der Waals surface area contributed by atoms with Gasteiger partial charge in [0.2, 0.25) is 0 Å². The molecule has 2 rings (SSSR count). The van der Waals surface area contributed by atoms with E-state index in [1.807, 2.05) is 6.92 Å². The lowest BCUT2D eigenvalue weighted by Crippen LogP contribution is -2.11. The van der Waals surface area contributed by atoms with Crippen LogP contribution in [0.25, 0.3) is 0 Å². The average molecular weight is 334 g/mol. The molecule has 0 radical (unpaired) electrons. The number of hydrogen-bond donors (Lipinski definition) is 1. The fourth-order valence-electron chi connectivity index (χ4n) is 1.80. The van der Waals surface area contributed by atoms with Crippen molar-refractivity contribution in [1.82, 2.24) is 9.78 Å². The van der Waals surface area contributed by atoms with Crippen molar-refractivity contribution in [3.63, 3.8) is 0 Å². The number of aryl methyl sites for hydroxylation is 1. The monoisotopic (exact) mass is 332 g/mol. The summed E-state index contributed by atoms with van der Waals surface area (Å²) in [5, 5.41) is 14.6. The van der Waals surface area contributed by atoms with E-state index in [-0.39, 0.29) is 10.6 Å². The predicted molar refractivity (Wildman–Crippen MR) is 71.1 cm³/mol. The highest BCUT2D eigenvalue weighted by atomic mass is 79.9. The van der Waals surface area contributed by atoms with Crippen molar-refractivity contribution >= 4 is 27.5 Å². The van der Waals surface area contributed by atoms with Crippen LogP contribution in [0.3, 0.4) is 0 Å². The van der Waals surface area contributed by atoms with Gasteiger partial charge in [0.15, 0.2) is 0 Å². The Morgan fingerprint density at radius 1 is 1.56 bits per heavy atom. The molecule has 2 aromatic rings. The topological polar surface area (TPSA) is 38.0 Å². The van der Waals surface area contributed by atoms with Crippen LogP contribution in [-0.4, -0.2) is 14.9 Å². The minimum absolute atomic E-state index is 0.0649. The van der Waals surface area contributed by atoms with Crippen molar-refractivity contribution in [1.29, 1.82) is 0 Å². The third-order valence-electron chi connectivity index (χ3n) is 2.66. The molecule has 1 unspecified atom stereocenters. The van der Waals surface area contributed by atoms with E-state index < -0.39 is 11.9 Å². The van der Waals surface area contributed by atoms with Crippen molar-refractivity contribution in [2.24, 2.45) is 0 Å². The summed E-state index contributed by atoms with van der Waals surface area (Å²) in [4.78, 5) is 0. The van der Waals surface area contributed by atoms with Crippen LogP contribution in [0.1, 0.15) is 24.3 Å². The zero-order valence-corrected chi connectivity index (χ0v) is 11.9. The van der Waals surface area contributed by atoms with Crippen molar-refractivity contribution in [2.75, 3.05) is 0 Å². The van der Waals surface area contributed by atoms with Crippen LogP contribution < -0.4 is 0 Å². The lowest BCUT2D eigenvalue weighted by Gasteiger charge is -2.15. The maximum absolute atomic E-state index is 13.8. The Kier molecular flexibility index (Phi) is 4.04. The van der Waals surface area contributed by atoms with Gasteiger partial charge in [-0.15, -0.1) is 0 Å². The molecule has 6 heteroatoms. The van der Waals surface area contributed by atoms with Gasteiger partial charge in [0.05, 0.1) is 16.4 Å². The lowest BCUT2D eigenvalue weighted by molar-refractivity contribution is 0.202. The largest absolute Gasteiger partial charge is 0.382 e. The second kappa shape index (κ2) is 5.38. The molecule has 0 saturated heterocycles. The maximum atomic E-state index is 13.8. The van der Waals surface area contributed by atoms with E-state index in [9.17, 15) is 9.50 Å². The van der Waals surface area contributed by atoms with Gasteiger partial charge in [0, 0.05) is 17.1 Å². The quantitative estimate of drug-likeness (QED) is 0.933. The summed E-state index contributed by atoms with van der Waals surface area (Å²) in [6.45, 7) is 2.46. The number of aromatic nitrogens is 2. The Balaban J connectivity index is 2.54. The first-order chi connectivity index (χ1) is 8.56. The molecule has 0 saturated carbocycles. The number of rotatable bonds is 3. The molecular formula is C12H11BrClFN2O. The summed E-state index contributed by atoms with van der Waals surface area (Å²) in [5.41, 5.74) is 0.555. The third kappa shape index (κ3) is 2.30. The minimum Gasteiger partial charge on any atom is -0.382 e. The van der Waals surface area contributed by atoms with Gasteiger partial charge in [-0.05, 0) is 35.0 Å². The van der Waals surface area contributed by atoms with Crippen LogP contribution in [0.15, 0.2) is 28.9 Å². The summed E-state index contributed by atoms with van der Waals surface area (Å²) in [5.74, 6) is -0.536. The first kappa shape index (κ1) is 13.5. The van der Waals surface area contributed by atoms with Gasteiger partial charge < -0.3 is 5.11 Å². The average Bonchev–Trinajstić information content (AvgIpc) is 2.70. The highest BCUT2D eigenvalue weighted by molar-refractivity contribution is 9.10. The second-order valence-corrected chi connectivity index (χ2v) is 4.99. The van der Waals surface area contributed by atoms with Crippen molar-refractivity contribution in [2.45, 2.75) is 19.6 Å². The molecule has 0 amide bonds. The van der Waals surface area contributed by atoms with Crippen LogP contribution >= 0.6 is 27.5 Å². The molecule has 1 N–H and O–H groups in total. The molecule has 1 aromatic heterocycles. The van der Waals surface area contributed by atoms with Crippen LogP contribution in [0.4, 0.5) is 4.39 Å². The summed E-state index contributed by atoms with van der Waals surface area (Å²) < 4.78 is 16.0. The molecule has 0 fully saturated rings. The van der Waals surface area contributed by atoms with Gasteiger partial charge in [-0.1, -0.05) is 17.7 Å². The Morgan fingerprint density at radius 3 is 2.89 bits per heavy atom. The van der Waals surface area contributed by atoms with E-state index in [1.54, 1.807) is 16.9 Å². The first-order valence-electron chi connectivity index (χ1n) is 5.39. The molecule has 18 heavy (non-hydrogen) atoms. The molecule has 1 atom stereocenters. The van der Waals surface area contributed by atoms with Crippen LogP contribution in [-0.2, 0) is 6.54 Å². The van der Waals surface area contributed by atoms with Crippen LogP contribution in [0.5, 0.6) is 0 Å². The van der Waals surface area contributed by atoms with Crippen molar-refractivity contribution in [3.05, 3.63) is 51.0 Å². The minimum atomic E-state index is -1.16. The van der Waals surface area contributed by atoms with Gasteiger partial charge in [0.25, 0.3) is 0 Å². The molecule has 1 aromatic carbocycles. The fraction of sp³-hybridized carbons (Fsp3) is 0.250. The molecule has 0 aliphatic carbocycles. The highest BCUT2D eigenvalue weighted by Crippen LogP contribution is 2.33. The van der Waals surface area contributed by atoms with Crippen molar-refractivity contribution in [3.8, 4) is 0 Å². The Labute approximate surface area is 117 Å². The summed E-state index contributed by atoms with van der Waals surface area (Å²) in [6, 6.07) is 4.31. The second-order valence-electron chi connectivity index (χ2n) is 3.73. The van der Waals surface area contributed by atoms with Crippen LogP contribution in [0.2, 0.25) is 5.02 Å². The lowest BCUT2D eigenvalue weighted by atomic mass is 10.1. The Bertz CT molecular complexity index is 553. The van der Waals surface area contributed by atoms with Gasteiger partial charge in [-0.2, -0.15) is 5.10 Å². The summed E-state index contributed by atoms with van der Waals surface area (Å²) >= 11 is 9.24. The third-order valence-corrected chi connectivity index (χ3v) is 3.61. The standard InChI is InChI=1S/C12H11BrClFN2O/c1-2-17-11(7(13)6-16-17)12(18)10-8(14)4-3-5-9(10)15/h3-6,12,18H,2H2,1H3. The maximum Gasteiger partial charge on any atom is 0.130 e. The van der Waals surface area contributed by atoms with E-state index in [4.69, 9.17) is 11.6 Å². The zero-order chi connectivity index (χ0) is 13.3. The number of benzene rings is 1. The molecule has 0 bridgehead atoms. The van der Waals surface area contributed by atoms with Gasteiger partial charge >= 0.3 is 0 Å². The molecule has 0 spiro atoms. The van der Waals surface area contributed by atoms with Crippen molar-refractivity contribution < 1.29 is 9.50 Å². The zero-order valence-electron chi connectivity index (χ0n) is 9.57. The van der Waals surface area contributed by atoms with E-state index in [0.29, 0.717) is 16.7 Å². The molecular weight excluding hydrogens is 322 g/mol. The SMILES string of the molecule is CCn1ncc(Br)c1C(O)c1c(F)cccc1Cl. The fourth-order valence-corrected chi connectivity index (χ4v) is 2.58. The number of nitrogens with zero attached hydrogens (tertiary/aromatic N) is 2. The van der Waals surface area contributed by atoms with E-state index in [2.05, 4.69) is 21.0 Å². The van der Waals surface area contributed by atoms with Gasteiger partial charge in [-0.25, -0.2) is 4.39 Å². The first-order valence-corrected chi connectivity index (χ1v) is 6.56. The summed E-state index contributed by atoms with van der Waals surface area (Å²) in [6.07, 6.45) is 0.409. The smallest absolute Gasteiger partial charge is 0.130 e. The number of aliphatic hydroxyl groups excluding tert-OH is 1. The normalized spacial score (nSPS) is 12.7. The Morgan fingerprint density at radius 2 is 2.28 bits per heavy atom. The van der Waals surface area contributed by atoms with E-state index in [1.165, 1.54) is 12.1 Å². The van der Waals surface area contributed by atoms with E-state index in [0.717, 1.165) is 0 Å². The molecule has 96 valence electrons. The summed E-state index contributed by atoms with van der Waals surface area (Å²) in [7, 11) is 0. The molecule has 0 aliphatic rings. The molecule has 1 heterocycles.